The van der Waals surface area contributed by atoms with Crippen LogP contribution in [0.5, 0.6) is 0 Å². The smallest absolute Gasteiger partial charge is 0.00385 e. The van der Waals surface area contributed by atoms with E-state index >= 15 is 0 Å². The molecule has 1 heterocycles. The molecule has 0 aromatic carbocycles. The van der Waals surface area contributed by atoms with Crippen molar-refractivity contribution in [2.75, 3.05) is 13.1 Å². The Kier molecular flexibility index (Phi) is 2.64. The summed E-state index contributed by atoms with van der Waals surface area (Å²) in [4.78, 5) is 2.63. The van der Waals surface area contributed by atoms with Gasteiger partial charge in [0.2, 0.25) is 0 Å². The molecule has 1 heteroatoms. The summed E-state index contributed by atoms with van der Waals surface area (Å²) >= 11 is 0. The second-order valence-electron chi connectivity index (χ2n) is 5.34. The third-order valence-electron chi connectivity index (χ3n) is 4.08. The first-order chi connectivity index (χ1) is 6.18. The van der Waals surface area contributed by atoms with Crippen molar-refractivity contribution in [1.29, 1.82) is 0 Å². The number of rotatable bonds is 2. The fraction of sp³-hybridized carbons (Fsp3) is 1.00. The van der Waals surface area contributed by atoms with Crippen molar-refractivity contribution >= 4 is 0 Å². The lowest BCUT2D eigenvalue weighted by Crippen LogP contribution is -2.38. The Morgan fingerprint density at radius 2 is 1.69 bits per heavy atom. The molecule has 1 saturated carbocycles. The van der Waals surface area contributed by atoms with E-state index in [2.05, 4.69) is 25.7 Å². The molecule has 1 aliphatic heterocycles. The van der Waals surface area contributed by atoms with Crippen LogP contribution in [0.2, 0.25) is 0 Å². The Labute approximate surface area is 82.5 Å². The van der Waals surface area contributed by atoms with E-state index in [-0.39, 0.29) is 0 Å². The maximum absolute atomic E-state index is 2.63. The second-order valence-corrected chi connectivity index (χ2v) is 5.34. The van der Waals surface area contributed by atoms with Gasteiger partial charge >= 0.3 is 0 Å². The van der Waals surface area contributed by atoms with Gasteiger partial charge in [-0.1, -0.05) is 6.92 Å². The van der Waals surface area contributed by atoms with Crippen molar-refractivity contribution in [2.45, 2.75) is 46.1 Å². The molecule has 0 N–H and O–H groups in total. The van der Waals surface area contributed by atoms with Gasteiger partial charge < -0.3 is 4.90 Å². The van der Waals surface area contributed by atoms with Gasteiger partial charge in [0.15, 0.2) is 0 Å². The first kappa shape index (κ1) is 9.51. The summed E-state index contributed by atoms with van der Waals surface area (Å²) < 4.78 is 0. The summed E-state index contributed by atoms with van der Waals surface area (Å²) in [6.45, 7) is 9.76. The van der Waals surface area contributed by atoms with Crippen LogP contribution in [0.25, 0.3) is 0 Å². The van der Waals surface area contributed by atoms with Crippen molar-refractivity contribution < 1.29 is 0 Å². The highest BCUT2D eigenvalue weighted by atomic mass is 15.1. The van der Waals surface area contributed by atoms with E-state index in [9.17, 15) is 0 Å². The van der Waals surface area contributed by atoms with Crippen molar-refractivity contribution in [2.24, 2.45) is 17.8 Å². The minimum atomic E-state index is 0.762. The van der Waals surface area contributed by atoms with Crippen LogP contribution in [0.4, 0.5) is 0 Å². The van der Waals surface area contributed by atoms with Gasteiger partial charge in [0.25, 0.3) is 0 Å². The molecular formula is C12H23N. The van der Waals surface area contributed by atoms with Gasteiger partial charge in [-0.3, -0.25) is 0 Å². The molecule has 0 aromatic heterocycles. The van der Waals surface area contributed by atoms with Crippen molar-refractivity contribution in [3.05, 3.63) is 0 Å². The Morgan fingerprint density at radius 3 is 2.08 bits per heavy atom. The van der Waals surface area contributed by atoms with Crippen LogP contribution in [-0.4, -0.2) is 24.0 Å². The molecule has 2 aliphatic rings. The first-order valence-corrected chi connectivity index (χ1v) is 5.92. The maximum atomic E-state index is 2.63. The molecule has 0 amide bonds. The topological polar surface area (TPSA) is 3.24 Å². The average molecular weight is 181 g/mol. The van der Waals surface area contributed by atoms with Crippen molar-refractivity contribution in [3.8, 4) is 0 Å². The third kappa shape index (κ3) is 2.07. The normalized spacial score (nSPS) is 36.9. The Balaban J connectivity index is 1.76. The minimum absolute atomic E-state index is 0.762. The summed E-state index contributed by atoms with van der Waals surface area (Å²) in [5, 5.41) is 0. The molecule has 1 nitrogen and oxygen atoms in total. The number of piperidine rings is 1. The lowest BCUT2D eigenvalue weighted by Gasteiger charge is -2.34. The van der Waals surface area contributed by atoms with E-state index in [1.165, 1.54) is 32.4 Å². The largest absolute Gasteiger partial charge is 0.301 e. The van der Waals surface area contributed by atoms with E-state index in [4.69, 9.17) is 0 Å². The maximum Gasteiger partial charge on any atom is 0.00385 e. The predicted octanol–water partition coefficient (Wildman–Crippen LogP) is 2.76. The highest BCUT2D eigenvalue weighted by molar-refractivity contribution is 4.90. The van der Waals surface area contributed by atoms with Gasteiger partial charge in [0, 0.05) is 6.04 Å². The average Bonchev–Trinajstić information content (AvgIpc) is 2.83. The summed E-state index contributed by atoms with van der Waals surface area (Å²) in [6, 6.07) is 0.762. The van der Waals surface area contributed by atoms with Crippen LogP contribution < -0.4 is 0 Å². The van der Waals surface area contributed by atoms with Crippen LogP contribution in [0.1, 0.15) is 40.0 Å². The Bertz CT molecular complexity index is 168. The molecular weight excluding hydrogens is 158 g/mol. The fourth-order valence-corrected chi connectivity index (χ4v) is 2.87. The number of hydrogen-bond donors (Lipinski definition) is 0. The molecule has 0 bridgehead atoms. The zero-order chi connectivity index (χ0) is 9.42. The van der Waals surface area contributed by atoms with E-state index in [0.29, 0.717) is 0 Å². The number of likely N-dealkylation sites (tertiary alicyclic amines) is 1. The summed E-state index contributed by atoms with van der Waals surface area (Å²) in [5.74, 6) is 3.23. The van der Waals surface area contributed by atoms with Gasteiger partial charge in [0.1, 0.15) is 0 Å². The van der Waals surface area contributed by atoms with Gasteiger partial charge in [-0.2, -0.15) is 0 Å². The first-order valence-electron chi connectivity index (χ1n) is 5.92. The standard InChI is InChI=1S/C12H23N/c1-9(2)13-6-4-11(5-7-13)12-8-10(12)3/h9-12H,4-8H2,1-3H3. The van der Waals surface area contributed by atoms with Crippen LogP contribution in [0, 0.1) is 17.8 Å². The highest BCUT2D eigenvalue weighted by Gasteiger charge is 2.40. The summed E-state index contributed by atoms with van der Waals surface area (Å²) in [7, 11) is 0. The summed E-state index contributed by atoms with van der Waals surface area (Å²) in [5.41, 5.74) is 0. The highest BCUT2D eigenvalue weighted by Crippen LogP contribution is 2.47. The minimum Gasteiger partial charge on any atom is -0.301 e. The quantitative estimate of drug-likeness (QED) is 0.633. The molecule has 0 aromatic rings. The van der Waals surface area contributed by atoms with E-state index in [1.54, 1.807) is 0 Å². The zero-order valence-electron chi connectivity index (χ0n) is 9.29. The number of hydrogen-bond acceptors (Lipinski definition) is 1. The van der Waals surface area contributed by atoms with Gasteiger partial charge in [-0.25, -0.2) is 0 Å². The molecule has 2 fully saturated rings. The van der Waals surface area contributed by atoms with E-state index in [1.807, 2.05) is 0 Å². The van der Waals surface area contributed by atoms with Gasteiger partial charge in [-0.05, 0) is 64.0 Å². The van der Waals surface area contributed by atoms with E-state index in [0.717, 1.165) is 23.8 Å². The molecule has 0 radical (unpaired) electrons. The van der Waals surface area contributed by atoms with Crippen LogP contribution >= 0.6 is 0 Å². The molecule has 0 spiro atoms. The molecule has 1 saturated heterocycles. The van der Waals surface area contributed by atoms with Crippen molar-refractivity contribution in [1.82, 2.24) is 4.90 Å². The Hall–Kier alpha value is -0.0400. The molecule has 2 rings (SSSR count). The van der Waals surface area contributed by atoms with Crippen LogP contribution in [-0.2, 0) is 0 Å². The van der Waals surface area contributed by atoms with Crippen LogP contribution in [0.3, 0.4) is 0 Å². The molecule has 2 atom stereocenters. The van der Waals surface area contributed by atoms with Gasteiger partial charge in [0.05, 0.1) is 0 Å². The predicted molar refractivity (Wildman–Crippen MR) is 56.7 cm³/mol. The van der Waals surface area contributed by atoms with E-state index < -0.39 is 0 Å². The number of nitrogens with zero attached hydrogens (tertiary/aromatic N) is 1. The van der Waals surface area contributed by atoms with Crippen molar-refractivity contribution in [3.63, 3.8) is 0 Å². The molecule has 13 heavy (non-hydrogen) atoms. The monoisotopic (exact) mass is 181 g/mol. The fourth-order valence-electron chi connectivity index (χ4n) is 2.87. The Morgan fingerprint density at radius 1 is 1.15 bits per heavy atom. The molecule has 2 unspecified atom stereocenters. The van der Waals surface area contributed by atoms with Crippen LogP contribution in [0.15, 0.2) is 0 Å². The summed E-state index contributed by atoms with van der Waals surface area (Å²) in [6.07, 6.45) is 4.45. The molecule has 1 aliphatic carbocycles. The third-order valence-corrected chi connectivity index (χ3v) is 4.08. The molecule has 76 valence electrons. The van der Waals surface area contributed by atoms with Gasteiger partial charge in [-0.15, -0.1) is 0 Å². The second kappa shape index (κ2) is 3.61. The lowest BCUT2D eigenvalue weighted by atomic mass is 9.90. The zero-order valence-corrected chi connectivity index (χ0v) is 9.29. The SMILES string of the molecule is CC1CC1C1CCN(C(C)C)CC1. The lowest BCUT2D eigenvalue weighted by molar-refractivity contribution is 0.138.